The first-order valence-corrected chi connectivity index (χ1v) is 7.35. The van der Waals surface area contributed by atoms with Crippen LogP contribution in [0.3, 0.4) is 0 Å². The second-order valence-electron chi connectivity index (χ2n) is 5.31. The maximum absolute atomic E-state index is 10.4. The molecule has 0 spiro atoms. The summed E-state index contributed by atoms with van der Waals surface area (Å²) in [6, 6.07) is 15.4. The molecule has 0 amide bonds. The van der Waals surface area contributed by atoms with Crippen LogP contribution in [0.15, 0.2) is 48.5 Å². The zero-order chi connectivity index (χ0) is 15.4. The van der Waals surface area contributed by atoms with Crippen molar-refractivity contribution >= 4 is 17.3 Å². The summed E-state index contributed by atoms with van der Waals surface area (Å²) in [5.41, 5.74) is 8.46. The highest BCUT2D eigenvalue weighted by Crippen LogP contribution is 2.25. The summed E-state index contributed by atoms with van der Waals surface area (Å²) in [6.07, 6.45) is -0.606. The van der Waals surface area contributed by atoms with Crippen molar-refractivity contribution in [1.29, 1.82) is 0 Å². The summed E-state index contributed by atoms with van der Waals surface area (Å²) in [5, 5.41) is 11.1. The summed E-state index contributed by atoms with van der Waals surface area (Å²) >= 11 is 5.91. The lowest BCUT2D eigenvalue weighted by atomic mass is 10.0. The van der Waals surface area contributed by atoms with Crippen LogP contribution >= 0.6 is 11.6 Å². The van der Waals surface area contributed by atoms with Crippen molar-refractivity contribution in [3.63, 3.8) is 0 Å². The van der Waals surface area contributed by atoms with Gasteiger partial charge in [0.25, 0.3) is 0 Å². The van der Waals surface area contributed by atoms with Gasteiger partial charge in [-0.25, -0.2) is 0 Å². The van der Waals surface area contributed by atoms with Crippen LogP contribution in [0.5, 0.6) is 0 Å². The van der Waals surface area contributed by atoms with E-state index in [1.807, 2.05) is 49.5 Å². The first kappa shape index (κ1) is 15.8. The molecule has 0 aromatic heterocycles. The van der Waals surface area contributed by atoms with Gasteiger partial charge in [-0.05, 0) is 37.7 Å². The SMILES string of the molecule is CC(c1ccc(Cl)cc1)N(C)CC(O)c1ccccc1N. The molecule has 112 valence electrons. The summed E-state index contributed by atoms with van der Waals surface area (Å²) in [6.45, 7) is 2.61. The Hall–Kier alpha value is -1.55. The van der Waals surface area contributed by atoms with E-state index < -0.39 is 6.10 Å². The topological polar surface area (TPSA) is 49.5 Å². The van der Waals surface area contributed by atoms with E-state index in [1.165, 1.54) is 0 Å². The average molecular weight is 305 g/mol. The number of rotatable bonds is 5. The zero-order valence-corrected chi connectivity index (χ0v) is 13.1. The number of para-hydroxylation sites is 1. The number of aliphatic hydroxyl groups is 1. The van der Waals surface area contributed by atoms with Crippen molar-refractivity contribution in [2.75, 3.05) is 19.3 Å². The van der Waals surface area contributed by atoms with Crippen molar-refractivity contribution in [1.82, 2.24) is 4.90 Å². The van der Waals surface area contributed by atoms with Crippen LogP contribution < -0.4 is 5.73 Å². The van der Waals surface area contributed by atoms with E-state index in [-0.39, 0.29) is 6.04 Å². The number of nitrogens with two attached hydrogens (primary N) is 1. The number of hydrogen-bond donors (Lipinski definition) is 2. The van der Waals surface area contributed by atoms with E-state index in [0.29, 0.717) is 12.2 Å². The highest BCUT2D eigenvalue weighted by Gasteiger charge is 2.17. The van der Waals surface area contributed by atoms with Gasteiger partial charge in [0.15, 0.2) is 0 Å². The number of halogens is 1. The fraction of sp³-hybridized carbons (Fsp3) is 0.294. The minimum Gasteiger partial charge on any atom is -0.398 e. The fourth-order valence-corrected chi connectivity index (χ4v) is 2.47. The van der Waals surface area contributed by atoms with Crippen LogP contribution in [0.2, 0.25) is 5.02 Å². The van der Waals surface area contributed by atoms with Gasteiger partial charge in [-0.15, -0.1) is 0 Å². The number of nitrogen functional groups attached to an aromatic ring is 1. The van der Waals surface area contributed by atoms with E-state index in [9.17, 15) is 5.11 Å². The molecule has 0 aliphatic rings. The molecule has 0 saturated carbocycles. The molecule has 0 aliphatic carbocycles. The monoisotopic (exact) mass is 304 g/mol. The third-order valence-electron chi connectivity index (χ3n) is 3.83. The van der Waals surface area contributed by atoms with Gasteiger partial charge in [0.1, 0.15) is 0 Å². The summed E-state index contributed by atoms with van der Waals surface area (Å²) in [4.78, 5) is 2.10. The Kier molecular flexibility index (Phi) is 5.23. The molecule has 2 aromatic rings. The first-order chi connectivity index (χ1) is 9.99. The zero-order valence-electron chi connectivity index (χ0n) is 12.3. The molecule has 2 atom stereocenters. The Labute approximate surface area is 131 Å². The summed E-state index contributed by atoms with van der Waals surface area (Å²) in [5.74, 6) is 0. The van der Waals surface area contributed by atoms with Crippen molar-refractivity contribution in [2.45, 2.75) is 19.1 Å². The van der Waals surface area contributed by atoms with Crippen LogP contribution in [-0.4, -0.2) is 23.6 Å². The van der Waals surface area contributed by atoms with E-state index in [0.717, 1.165) is 16.1 Å². The maximum Gasteiger partial charge on any atom is 0.0936 e. The second-order valence-corrected chi connectivity index (χ2v) is 5.75. The normalized spacial score (nSPS) is 14.1. The van der Waals surface area contributed by atoms with Crippen LogP contribution in [0.1, 0.15) is 30.2 Å². The molecule has 0 bridgehead atoms. The Bertz CT molecular complexity index is 586. The van der Waals surface area contributed by atoms with Gasteiger partial charge >= 0.3 is 0 Å². The summed E-state index contributed by atoms with van der Waals surface area (Å²) in [7, 11) is 1.99. The molecule has 3 nitrogen and oxygen atoms in total. The first-order valence-electron chi connectivity index (χ1n) is 6.97. The number of hydrogen-bond acceptors (Lipinski definition) is 3. The smallest absolute Gasteiger partial charge is 0.0936 e. The van der Waals surface area contributed by atoms with E-state index in [1.54, 1.807) is 6.07 Å². The Morgan fingerprint density at radius 3 is 2.38 bits per heavy atom. The molecular weight excluding hydrogens is 284 g/mol. The molecule has 2 rings (SSSR count). The van der Waals surface area contributed by atoms with Gasteiger partial charge in [-0.1, -0.05) is 41.9 Å². The van der Waals surface area contributed by atoms with Gasteiger partial charge in [-0.3, -0.25) is 4.90 Å². The molecule has 0 radical (unpaired) electrons. The number of nitrogens with zero attached hydrogens (tertiary/aromatic N) is 1. The Morgan fingerprint density at radius 1 is 1.14 bits per heavy atom. The highest BCUT2D eigenvalue weighted by atomic mass is 35.5. The van der Waals surface area contributed by atoms with Gasteiger partial charge < -0.3 is 10.8 Å². The molecule has 0 aliphatic heterocycles. The predicted molar refractivity (Wildman–Crippen MR) is 88.3 cm³/mol. The molecule has 0 fully saturated rings. The molecule has 2 unspecified atom stereocenters. The molecule has 0 heterocycles. The van der Waals surface area contributed by atoms with E-state index in [2.05, 4.69) is 11.8 Å². The van der Waals surface area contributed by atoms with Gasteiger partial charge in [0.2, 0.25) is 0 Å². The number of likely N-dealkylation sites (N-methyl/N-ethyl adjacent to an activating group) is 1. The number of benzene rings is 2. The lowest BCUT2D eigenvalue weighted by Crippen LogP contribution is -2.27. The maximum atomic E-state index is 10.4. The molecule has 0 saturated heterocycles. The van der Waals surface area contributed by atoms with Crippen LogP contribution in [0.4, 0.5) is 5.69 Å². The Morgan fingerprint density at radius 2 is 1.76 bits per heavy atom. The van der Waals surface area contributed by atoms with Crippen molar-refractivity contribution in [3.05, 3.63) is 64.7 Å². The van der Waals surface area contributed by atoms with E-state index >= 15 is 0 Å². The molecular formula is C17H21ClN2O. The van der Waals surface area contributed by atoms with Crippen molar-refractivity contribution in [3.8, 4) is 0 Å². The van der Waals surface area contributed by atoms with Crippen molar-refractivity contribution in [2.24, 2.45) is 0 Å². The lowest BCUT2D eigenvalue weighted by molar-refractivity contribution is 0.109. The molecule has 2 aromatic carbocycles. The summed E-state index contributed by atoms with van der Waals surface area (Å²) < 4.78 is 0. The largest absolute Gasteiger partial charge is 0.398 e. The average Bonchev–Trinajstić information content (AvgIpc) is 2.47. The molecule has 21 heavy (non-hydrogen) atoms. The minimum absolute atomic E-state index is 0.182. The van der Waals surface area contributed by atoms with Gasteiger partial charge in [0, 0.05) is 28.9 Å². The standard InChI is InChI=1S/C17H21ClN2O/c1-12(13-7-9-14(18)10-8-13)20(2)11-17(21)15-5-3-4-6-16(15)19/h3-10,12,17,21H,11,19H2,1-2H3. The van der Waals surface area contributed by atoms with Crippen molar-refractivity contribution < 1.29 is 5.11 Å². The third kappa shape index (κ3) is 3.97. The highest BCUT2D eigenvalue weighted by molar-refractivity contribution is 6.30. The van der Waals surface area contributed by atoms with Crippen LogP contribution in [0.25, 0.3) is 0 Å². The Balaban J connectivity index is 2.05. The predicted octanol–water partition coefficient (Wildman–Crippen LogP) is 3.65. The second kappa shape index (κ2) is 6.94. The molecule has 4 heteroatoms. The third-order valence-corrected chi connectivity index (χ3v) is 4.08. The lowest BCUT2D eigenvalue weighted by Gasteiger charge is -2.28. The number of anilines is 1. The van der Waals surface area contributed by atoms with Crippen LogP contribution in [0, 0.1) is 0 Å². The fourth-order valence-electron chi connectivity index (χ4n) is 2.34. The van der Waals surface area contributed by atoms with Crippen LogP contribution in [-0.2, 0) is 0 Å². The van der Waals surface area contributed by atoms with Gasteiger partial charge in [-0.2, -0.15) is 0 Å². The van der Waals surface area contributed by atoms with E-state index in [4.69, 9.17) is 17.3 Å². The van der Waals surface area contributed by atoms with Gasteiger partial charge in [0.05, 0.1) is 6.10 Å². The molecule has 3 N–H and O–H groups in total. The minimum atomic E-state index is -0.606. The number of aliphatic hydroxyl groups excluding tert-OH is 1. The quantitative estimate of drug-likeness (QED) is 0.829.